The predicted molar refractivity (Wildman–Crippen MR) is 87.4 cm³/mol. The quantitative estimate of drug-likeness (QED) is 0.902. The zero-order valence-corrected chi connectivity index (χ0v) is 13.7. The predicted octanol–water partition coefficient (Wildman–Crippen LogP) is 4.03. The molecule has 0 radical (unpaired) electrons. The third-order valence-electron chi connectivity index (χ3n) is 4.46. The highest BCUT2D eigenvalue weighted by atomic mass is 35.5. The first-order valence-electron chi connectivity index (χ1n) is 7.80. The molecule has 20 heavy (non-hydrogen) atoms. The molecule has 1 heterocycles. The molecule has 0 saturated carbocycles. The van der Waals surface area contributed by atoms with Gasteiger partial charge in [0.2, 0.25) is 0 Å². The summed E-state index contributed by atoms with van der Waals surface area (Å²) in [4.78, 5) is 2.53. The van der Waals surface area contributed by atoms with Crippen LogP contribution in [0.1, 0.15) is 43.4 Å². The molecule has 0 bridgehead atoms. The topological polar surface area (TPSA) is 15.3 Å². The van der Waals surface area contributed by atoms with E-state index in [-0.39, 0.29) is 0 Å². The van der Waals surface area contributed by atoms with Gasteiger partial charge in [-0.3, -0.25) is 4.90 Å². The molecular weight excluding hydrogens is 268 g/mol. The van der Waals surface area contributed by atoms with Gasteiger partial charge in [0.15, 0.2) is 0 Å². The van der Waals surface area contributed by atoms with Gasteiger partial charge < -0.3 is 5.32 Å². The van der Waals surface area contributed by atoms with Crippen molar-refractivity contribution in [2.45, 2.75) is 39.2 Å². The number of hydrogen-bond acceptors (Lipinski definition) is 2. The Hall–Kier alpha value is -0.570. The summed E-state index contributed by atoms with van der Waals surface area (Å²) in [6.45, 7) is 7.71. The van der Waals surface area contributed by atoms with Crippen LogP contribution in [-0.4, -0.2) is 31.6 Å². The molecule has 1 N–H and O–H groups in total. The Morgan fingerprint density at radius 1 is 1.35 bits per heavy atom. The lowest BCUT2D eigenvalue weighted by Crippen LogP contribution is -2.35. The van der Waals surface area contributed by atoms with Crippen molar-refractivity contribution in [2.75, 3.05) is 26.7 Å². The molecule has 1 aromatic carbocycles. The van der Waals surface area contributed by atoms with Gasteiger partial charge in [0.1, 0.15) is 0 Å². The lowest BCUT2D eigenvalue weighted by atomic mass is 9.87. The fourth-order valence-electron chi connectivity index (χ4n) is 3.43. The van der Waals surface area contributed by atoms with E-state index in [0.717, 1.165) is 18.1 Å². The van der Waals surface area contributed by atoms with Crippen molar-refractivity contribution < 1.29 is 0 Å². The number of aryl methyl sites for hydroxylation is 1. The maximum atomic E-state index is 6.12. The normalized spacial score (nSPS) is 24.6. The van der Waals surface area contributed by atoms with Crippen molar-refractivity contribution in [3.05, 3.63) is 34.3 Å². The summed E-state index contributed by atoms with van der Waals surface area (Å²) in [7, 11) is 2.27. The summed E-state index contributed by atoms with van der Waals surface area (Å²) >= 11 is 6.12. The largest absolute Gasteiger partial charge is 0.317 e. The van der Waals surface area contributed by atoms with Crippen molar-refractivity contribution in [1.29, 1.82) is 0 Å². The maximum Gasteiger partial charge on any atom is 0.0408 e. The molecule has 112 valence electrons. The molecule has 1 fully saturated rings. The second-order valence-electron chi connectivity index (χ2n) is 5.99. The fraction of sp³-hybridized carbons (Fsp3) is 0.647. The minimum absolute atomic E-state index is 0.508. The molecule has 0 aromatic heterocycles. The van der Waals surface area contributed by atoms with Gasteiger partial charge in [0.05, 0.1) is 0 Å². The van der Waals surface area contributed by atoms with Crippen molar-refractivity contribution in [3.8, 4) is 0 Å². The molecule has 2 unspecified atom stereocenters. The van der Waals surface area contributed by atoms with Gasteiger partial charge in [-0.05, 0) is 75.6 Å². The number of halogens is 1. The van der Waals surface area contributed by atoms with Gasteiger partial charge in [-0.15, -0.1) is 0 Å². The highest BCUT2D eigenvalue weighted by Crippen LogP contribution is 2.36. The molecule has 2 rings (SSSR count). The third kappa shape index (κ3) is 3.75. The van der Waals surface area contributed by atoms with E-state index in [1.54, 1.807) is 0 Å². The molecule has 1 aliphatic rings. The first-order chi connectivity index (χ1) is 9.63. The summed E-state index contributed by atoms with van der Waals surface area (Å²) in [6, 6.07) is 6.87. The molecule has 2 atom stereocenters. The monoisotopic (exact) mass is 294 g/mol. The number of benzene rings is 1. The lowest BCUT2D eigenvalue weighted by Gasteiger charge is -2.34. The Morgan fingerprint density at radius 3 is 2.85 bits per heavy atom. The fourth-order valence-corrected chi connectivity index (χ4v) is 3.66. The third-order valence-corrected chi connectivity index (χ3v) is 4.70. The first kappa shape index (κ1) is 15.8. The minimum atomic E-state index is 0.508. The van der Waals surface area contributed by atoms with Crippen LogP contribution in [0.5, 0.6) is 0 Å². The molecule has 0 aliphatic carbocycles. The van der Waals surface area contributed by atoms with E-state index >= 15 is 0 Å². The van der Waals surface area contributed by atoms with Crippen LogP contribution in [0.15, 0.2) is 18.2 Å². The van der Waals surface area contributed by atoms with Crippen LogP contribution >= 0.6 is 11.6 Å². The maximum absolute atomic E-state index is 6.12. The minimum Gasteiger partial charge on any atom is -0.317 e. The summed E-state index contributed by atoms with van der Waals surface area (Å²) in [5, 5.41) is 4.38. The molecular formula is C17H27ClN2. The molecule has 2 nitrogen and oxygen atoms in total. The molecule has 3 heteroatoms. The Balaban J connectivity index is 2.29. The van der Waals surface area contributed by atoms with E-state index in [9.17, 15) is 0 Å². The Labute approximate surface area is 128 Å². The Morgan fingerprint density at radius 2 is 2.15 bits per heavy atom. The van der Waals surface area contributed by atoms with Crippen LogP contribution in [-0.2, 0) is 0 Å². The van der Waals surface area contributed by atoms with E-state index in [2.05, 4.69) is 43.2 Å². The van der Waals surface area contributed by atoms with Crippen molar-refractivity contribution in [1.82, 2.24) is 10.2 Å². The van der Waals surface area contributed by atoms with Gasteiger partial charge in [-0.25, -0.2) is 0 Å². The molecule has 1 saturated heterocycles. The second kappa shape index (κ2) is 7.44. The molecule has 1 aromatic rings. The number of likely N-dealkylation sites (tertiary alicyclic amines) is 1. The number of nitrogens with zero attached hydrogens (tertiary/aromatic N) is 1. The average Bonchev–Trinajstić information content (AvgIpc) is 2.59. The highest BCUT2D eigenvalue weighted by Gasteiger charge is 2.29. The zero-order chi connectivity index (χ0) is 14.5. The average molecular weight is 295 g/mol. The van der Waals surface area contributed by atoms with E-state index in [0.29, 0.717) is 12.0 Å². The van der Waals surface area contributed by atoms with Gasteiger partial charge in [-0.2, -0.15) is 0 Å². The summed E-state index contributed by atoms with van der Waals surface area (Å²) in [5.74, 6) is 0.683. The SMILES string of the molecule is CCNCC1CCCCN(C)C1c1ccc(Cl)cc1C. The second-order valence-corrected chi connectivity index (χ2v) is 6.43. The molecule has 0 amide bonds. The van der Waals surface area contributed by atoms with Crippen molar-refractivity contribution >= 4 is 11.6 Å². The lowest BCUT2D eigenvalue weighted by molar-refractivity contribution is 0.189. The van der Waals surface area contributed by atoms with E-state index in [1.165, 1.54) is 36.9 Å². The summed E-state index contributed by atoms with van der Waals surface area (Å²) in [5.41, 5.74) is 2.76. The standard InChI is InChI=1S/C17H27ClN2/c1-4-19-12-14-7-5-6-10-20(3)17(14)16-9-8-15(18)11-13(16)2/h8-9,11,14,17,19H,4-7,10,12H2,1-3H3. The van der Waals surface area contributed by atoms with Crippen LogP contribution in [0, 0.1) is 12.8 Å². The van der Waals surface area contributed by atoms with E-state index in [1.807, 2.05) is 6.07 Å². The number of hydrogen-bond donors (Lipinski definition) is 1. The van der Waals surface area contributed by atoms with Crippen molar-refractivity contribution in [3.63, 3.8) is 0 Å². The van der Waals surface area contributed by atoms with Crippen LogP contribution < -0.4 is 5.32 Å². The van der Waals surface area contributed by atoms with Gasteiger partial charge >= 0.3 is 0 Å². The van der Waals surface area contributed by atoms with Crippen LogP contribution in [0.25, 0.3) is 0 Å². The number of nitrogens with one attached hydrogen (secondary N) is 1. The van der Waals surface area contributed by atoms with Gasteiger partial charge in [0.25, 0.3) is 0 Å². The Kier molecular flexibility index (Phi) is 5.88. The smallest absolute Gasteiger partial charge is 0.0408 e. The van der Waals surface area contributed by atoms with E-state index in [4.69, 9.17) is 11.6 Å². The molecule has 1 aliphatic heterocycles. The first-order valence-corrected chi connectivity index (χ1v) is 8.18. The molecule has 0 spiro atoms. The summed E-state index contributed by atoms with van der Waals surface area (Å²) in [6.07, 6.45) is 3.95. The number of rotatable bonds is 4. The van der Waals surface area contributed by atoms with Crippen molar-refractivity contribution in [2.24, 2.45) is 5.92 Å². The zero-order valence-electron chi connectivity index (χ0n) is 13.0. The highest BCUT2D eigenvalue weighted by molar-refractivity contribution is 6.30. The van der Waals surface area contributed by atoms with Crippen LogP contribution in [0.4, 0.5) is 0 Å². The van der Waals surface area contributed by atoms with Gasteiger partial charge in [-0.1, -0.05) is 31.0 Å². The van der Waals surface area contributed by atoms with Gasteiger partial charge in [0, 0.05) is 11.1 Å². The van der Waals surface area contributed by atoms with E-state index < -0.39 is 0 Å². The summed E-state index contributed by atoms with van der Waals surface area (Å²) < 4.78 is 0. The van der Waals surface area contributed by atoms with Crippen LogP contribution in [0.3, 0.4) is 0 Å². The Bertz CT molecular complexity index is 433. The van der Waals surface area contributed by atoms with Crippen LogP contribution in [0.2, 0.25) is 5.02 Å².